The van der Waals surface area contributed by atoms with Gasteiger partial charge in [-0.2, -0.15) is 8.42 Å². The summed E-state index contributed by atoms with van der Waals surface area (Å²) in [5.74, 6) is -0.412. The molecule has 0 aliphatic heterocycles. The summed E-state index contributed by atoms with van der Waals surface area (Å²) in [5.41, 5.74) is 0. The number of hydrogen-bond donors (Lipinski definition) is 1. The summed E-state index contributed by atoms with van der Waals surface area (Å²) in [7, 11) is -3.99. The van der Waals surface area contributed by atoms with Gasteiger partial charge in [0.1, 0.15) is 0 Å². The zero-order valence-corrected chi connectivity index (χ0v) is 12.9. The van der Waals surface area contributed by atoms with Gasteiger partial charge >= 0.3 is 0 Å². The molecule has 0 aromatic carbocycles. The van der Waals surface area contributed by atoms with Crippen molar-refractivity contribution in [3.8, 4) is 0 Å². The first-order valence-electron chi connectivity index (χ1n) is 7.13. The standard InChI is InChI=1S/C13H27NO4S/c1-3-5-6-7-8-9-10-13(15)14(4-2)11-12-19(16,17)18/h3-12H2,1-2H3,(H,16,17,18). The fourth-order valence-electron chi connectivity index (χ4n) is 1.90. The molecular weight excluding hydrogens is 266 g/mol. The molecule has 0 aliphatic carbocycles. The Morgan fingerprint density at radius 3 is 2.16 bits per heavy atom. The molecule has 114 valence electrons. The van der Waals surface area contributed by atoms with E-state index in [1.807, 2.05) is 6.92 Å². The predicted molar refractivity (Wildman–Crippen MR) is 76.7 cm³/mol. The Hall–Kier alpha value is -0.620. The van der Waals surface area contributed by atoms with Crippen LogP contribution in [0.1, 0.15) is 58.8 Å². The SMILES string of the molecule is CCCCCCCCC(=O)N(CC)CCS(=O)(=O)O. The molecule has 0 rings (SSSR count). The number of carbonyl (C=O) groups is 1. The molecule has 0 saturated carbocycles. The van der Waals surface area contributed by atoms with Crippen LogP contribution in [0.4, 0.5) is 0 Å². The second-order valence-electron chi connectivity index (χ2n) is 4.78. The van der Waals surface area contributed by atoms with Crippen LogP contribution in [0.3, 0.4) is 0 Å². The molecule has 0 unspecified atom stereocenters. The maximum atomic E-state index is 11.8. The first-order chi connectivity index (χ1) is 8.90. The molecule has 0 radical (unpaired) electrons. The van der Waals surface area contributed by atoms with Gasteiger partial charge in [0, 0.05) is 19.5 Å². The number of unbranched alkanes of at least 4 members (excludes halogenated alkanes) is 5. The lowest BCUT2D eigenvalue weighted by molar-refractivity contribution is -0.130. The molecule has 19 heavy (non-hydrogen) atoms. The second-order valence-corrected chi connectivity index (χ2v) is 6.35. The maximum Gasteiger partial charge on any atom is 0.266 e. The number of rotatable bonds is 11. The minimum absolute atomic E-state index is 0.0263. The van der Waals surface area contributed by atoms with Crippen LogP contribution in [0, 0.1) is 0 Å². The number of amides is 1. The van der Waals surface area contributed by atoms with Gasteiger partial charge in [-0.15, -0.1) is 0 Å². The zero-order chi connectivity index (χ0) is 14.7. The minimum Gasteiger partial charge on any atom is -0.342 e. The third-order valence-corrected chi connectivity index (χ3v) is 3.80. The van der Waals surface area contributed by atoms with Crippen molar-refractivity contribution in [1.82, 2.24) is 4.90 Å². The first-order valence-corrected chi connectivity index (χ1v) is 8.74. The van der Waals surface area contributed by atoms with Crippen LogP contribution in [0.2, 0.25) is 0 Å². The van der Waals surface area contributed by atoms with Crippen molar-refractivity contribution in [3.05, 3.63) is 0 Å². The highest BCUT2D eigenvalue weighted by Gasteiger charge is 2.14. The van der Waals surface area contributed by atoms with Crippen LogP contribution in [0.25, 0.3) is 0 Å². The van der Waals surface area contributed by atoms with Crippen LogP contribution in [-0.2, 0) is 14.9 Å². The lowest BCUT2D eigenvalue weighted by atomic mass is 10.1. The van der Waals surface area contributed by atoms with E-state index in [2.05, 4.69) is 6.92 Å². The van der Waals surface area contributed by atoms with E-state index in [1.165, 1.54) is 24.2 Å². The number of carbonyl (C=O) groups excluding carboxylic acids is 1. The minimum atomic E-state index is -3.99. The smallest absolute Gasteiger partial charge is 0.266 e. The van der Waals surface area contributed by atoms with E-state index in [-0.39, 0.29) is 18.2 Å². The normalized spacial score (nSPS) is 11.5. The van der Waals surface area contributed by atoms with Crippen molar-refractivity contribution < 1.29 is 17.8 Å². The molecule has 0 fully saturated rings. The average Bonchev–Trinajstić information content (AvgIpc) is 2.33. The Morgan fingerprint density at radius 1 is 1.05 bits per heavy atom. The molecule has 0 spiro atoms. The third-order valence-electron chi connectivity index (χ3n) is 3.10. The van der Waals surface area contributed by atoms with Gasteiger partial charge in [0.2, 0.25) is 5.91 Å². The quantitative estimate of drug-likeness (QED) is 0.469. The summed E-state index contributed by atoms with van der Waals surface area (Å²) in [5, 5.41) is 0. The molecule has 5 nitrogen and oxygen atoms in total. The van der Waals surface area contributed by atoms with Gasteiger partial charge in [-0.1, -0.05) is 39.0 Å². The van der Waals surface area contributed by atoms with Crippen LogP contribution >= 0.6 is 0 Å². The van der Waals surface area contributed by atoms with Crippen molar-refractivity contribution in [2.45, 2.75) is 58.8 Å². The Labute approximate surface area is 117 Å². The third kappa shape index (κ3) is 10.9. The van der Waals surface area contributed by atoms with Gasteiger partial charge in [-0.3, -0.25) is 9.35 Å². The Bertz CT molecular complexity index is 341. The van der Waals surface area contributed by atoms with Crippen molar-refractivity contribution in [1.29, 1.82) is 0 Å². The Morgan fingerprint density at radius 2 is 1.63 bits per heavy atom. The van der Waals surface area contributed by atoms with E-state index < -0.39 is 10.1 Å². The largest absolute Gasteiger partial charge is 0.342 e. The molecule has 0 heterocycles. The Kier molecular flexibility index (Phi) is 9.87. The molecule has 0 aromatic heterocycles. The summed E-state index contributed by atoms with van der Waals surface area (Å²) >= 11 is 0. The van der Waals surface area contributed by atoms with Gasteiger partial charge in [0.05, 0.1) is 5.75 Å². The highest BCUT2D eigenvalue weighted by atomic mass is 32.2. The van der Waals surface area contributed by atoms with Gasteiger partial charge in [-0.25, -0.2) is 0 Å². The molecule has 0 aliphatic rings. The molecular formula is C13H27NO4S. The van der Waals surface area contributed by atoms with Gasteiger partial charge in [-0.05, 0) is 13.3 Å². The van der Waals surface area contributed by atoms with Crippen molar-refractivity contribution in [2.24, 2.45) is 0 Å². The summed E-state index contributed by atoms with van der Waals surface area (Å²) in [6, 6.07) is 0. The van der Waals surface area contributed by atoms with Crippen molar-refractivity contribution >= 4 is 16.0 Å². The summed E-state index contributed by atoms with van der Waals surface area (Å²) in [6.07, 6.45) is 7.17. The highest BCUT2D eigenvalue weighted by Crippen LogP contribution is 2.08. The van der Waals surface area contributed by atoms with E-state index in [0.29, 0.717) is 13.0 Å². The van der Waals surface area contributed by atoms with E-state index in [1.54, 1.807) is 0 Å². The lowest BCUT2D eigenvalue weighted by Crippen LogP contribution is -2.34. The van der Waals surface area contributed by atoms with E-state index in [9.17, 15) is 13.2 Å². The second kappa shape index (κ2) is 10.2. The van der Waals surface area contributed by atoms with Gasteiger partial charge in [0.15, 0.2) is 0 Å². The van der Waals surface area contributed by atoms with Crippen LogP contribution in [0.5, 0.6) is 0 Å². The fourth-order valence-corrected chi connectivity index (χ4v) is 2.35. The molecule has 6 heteroatoms. The highest BCUT2D eigenvalue weighted by molar-refractivity contribution is 7.85. The number of nitrogens with zero attached hydrogens (tertiary/aromatic N) is 1. The van der Waals surface area contributed by atoms with Gasteiger partial charge < -0.3 is 4.90 Å². The number of hydrogen-bond acceptors (Lipinski definition) is 3. The predicted octanol–water partition coefficient (Wildman–Crippen LogP) is 2.47. The molecule has 0 saturated heterocycles. The lowest BCUT2D eigenvalue weighted by Gasteiger charge is -2.20. The maximum absolute atomic E-state index is 11.8. The molecule has 0 atom stereocenters. The Balaban J connectivity index is 3.82. The van der Waals surface area contributed by atoms with Crippen LogP contribution in [0.15, 0.2) is 0 Å². The van der Waals surface area contributed by atoms with Gasteiger partial charge in [0.25, 0.3) is 10.1 Å². The fraction of sp³-hybridized carbons (Fsp3) is 0.923. The van der Waals surface area contributed by atoms with E-state index >= 15 is 0 Å². The van der Waals surface area contributed by atoms with Crippen LogP contribution < -0.4 is 0 Å². The molecule has 1 amide bonds. The zero-order valence-electron chi connectivity index (χ0n) is 12.1. The van der Waals surface area contributed by atoms with Crippen LogP contribution in [-0.4, -0.2) is 42.6 Å². The van der Waals surface area contributed by atoms with Crippen molar-refractivity contribution in [3.63, 3.8) is 0 Å². The summed E-state index contributed by atoms with van der Waals surface area (Å²) < 4.78 is 30.0. The summed E-state index contributed by atoms with van der Waals surface area (Å²) in [4.78, 5) is 13.3. The van der Waals surface area contributed by atoms with E-state index in [0.717, 1.165) is 19.3 Å². The average molecular weight is 293 g/mol. The first kappa shape index (κ1) is 18.4. The monoisotopic (exact) mass is 293 g/mol. The topological polar surface area (TPSA) is 74.7 Å². The molecule has 0 bridgehead atoms. The molecule has 0 aromatic rings. The van der Waals surface area contributed by atoms with E-state index in [4.69, 9.17) is 4.55 Å². The van der Waals surface area contributed by atoms with Crippen molar-refractivity contribution in [2.75, 3.05) is 18.8 Å². The molecule has 1 N–H and O–H groups in total. The summed E-state index contributed by atoms with van der Waals surface area (Å²) in [6.45, 7) is 4.52.